The van der Waals surface area contributed by atoms with E-state index in [1.165, 1.54) is 0 Å². The highest BCUT2D eigenvalue weighted by atomic mass is 16.5. The highest BCUT2D eigenvalue weighted by Gasteiger charge is 2.56. The second-order valence-corrected chi connectivity index (χ2v) is 5.09. The van der Waals surface area contributed by atoms with Gasteiger partial charge in [0.1, 0.15) is 11.3 Å². The number of nitrogens with two attached hydrogens (primary N) is 1. The van der Waals surface area contributed by atoms with E-state index in [2.05, 4.69) is 19.0 Å². The topological polar surface area (TPSA) is 67.8 Å². The molecule has 4 nitrogen and oxygen atoms in total. The molecule has 2 heterocycles. The summed E-state index contributed by atoms with van der Waals surface area (Å²) in [6.07, 6.45) is 1.94. The van der Waals surface area contributed by atoms with E-state index >= 15 is 0 Å². The van der Waals surface area contributed by atoms with Gasteiger partial charge in [-0.05, 0) is 33.6 Å². The van der Waals surface area contributed by atoms with Gasteiger partial charge in [0.05, 0.1) is 11.6 Å². The Morgan fingerprint density at radius 2 is 2.14 bits per heavy atom. The molecular formula is C10H18N2O2. The Morgan fingerprint density at radius 3 is 2.57 bits per heavy atom. The number of hydrogen-bond acceptors (Lipinski definition) is 4. The SMILES string of the molecule is CC12CCC(C(N)/C1=N/O)C(C)(C)O2. The van der Waals surface area contributed by atoms with Gasteiger partial charge in [0.2, 0.25) is 0 Å². The van der Waals surface area contributed by atoms with Crippen LogP contribution in [-0.2, 0) is 4.74 Å². The molecule has 3 rings (SSSR count). The highest BCUT2D eigenvalue weighted by molar-refractivity contribution is 5.98. The Bertz CT molecular complexity index is 288. The maximum absolute atomic E-state index is 8.95. The minimum atomic E-state index is -0.466. The summed E-state index contributed by atoms with van der Waals surface area (Å²) in [5.74, 6) is 0.259. The Morgan fingerprint density at radius 1 is 1.50 bits per heavy atom. The van der Waals surface area contributed by atoms with E-state index in [-0.39, 0.29) is 17.6 Å². The summed E-state index contributed by atoms with van der Waals surface area (Å²) < 4.78 is 5.96. The standard InChI is InChI=1S/C10H18N2O2/c1-9(2)6-4-5-10(3,14-9)8(12-13)7(6)11/h6-7,13H,4-5,11H2,1-3H3/b12-8-. The molecule has 0 amide bonds. The molecule has 3 N–H and O–H groups in total. The lowest BCUT2D eigenvalue weighted by molar-refractivity contribution is -0.183. The van der Waals surface area contributed by atoms with Crippen LogP contribution < -0.4 is 5.73 Å². The second kappa shape index (κ2) is 2.70. The fourth-order valence-electron chi connectivity index (χ4n) is 2.99. The van der Waals surface area contributed by atoms with Crippen LogP contribution >= 0.6 is 0 Å². The lowest BCUT2D eigenvalue weighted by Gasteiger charge is -2.56. The van der Waals surface area contributed by atoms with Crippen molar-refractivity contribution in [1.82, 2.24) is 0 Å². The summed E-state index contributed by atoms with van der Waals surface area (Å²) in [4.78, 5) is 0. The van der Waals surface area contributed by atoms with Gasteiger partial charge in [-0.3, -0.25) is 0 Å². The van der Waals surface area contributed by atoms with Crippen molar-refractivity contribution in [3.05, 3.63) is 0 Å². The fourth-order valence-corrected chi connectivity index (χ4v) is 2.99. The molecule has 3 unspecified atom stereocenters. The quantitative estimate of drug-likeness (QED) is 0.453. The number of fused-ring (bicyclic) bond motifs is 3. The molecule has 3 fully saturated rings. The first-order chi connectivity index (χ1) is 6.41. The molecule has 80 valence electrons. The molecule has 14 heavy (non-hydrogen) atoms. The van der Waals surface area contributed by atoms with Crippen molar-refractivity contribution in [3.63, 3.8) is 0 Å². The summed E-state index contributed by atoms with van der Waals surface area (Å²) in [6.45, 7) is 6.07. The van der Waals surface area contributed by atoms with Crippen molar-refractivity contribution in [2.75, 3.05) is 0 Å². The first kappa shape index (κ1) is 9.93. The molecule has 2 bridgehead atoms. The molecule has 4 heteroatoms. The van der Waals surface area contributed by atoms with Crippen molar-refractivity contribution in [1.29, 1.82) is 0 Å². The van der Waals surface area contributed by atoms with Gasteiger partial charge >= 0.3 is 0 Å². The maximum Gasteiger partial charge on any atom is 0.109 e. The highest BCUT2D eigenvalue weighted by Crippen LogP contribution is 2.47. The van der Waals surface area contributed by atoms with Crippen LogP contribution in [0.2, 0.25) is 0 Å². The third-order valence-corrected chi connectivity index (χ3v) is 3.71. The Labute approximate surface area is 84.1 Å². The molecule has 0 spiro atoms. The van der Waals surface area contributed by atoms with Crippen molar-refractivity contribution in [2.24, 2.45) is 16.8 Å². The first-order valence-corrected chi connectivity index (χ1v) is 5.09. The zero-order chi connectivity index (χ0) is 10.6. The van der Waals surface area contributed by atoms with Gasteiger partial charge in [-0.15, -0.1) is 0 Å². The molecule has 2 aliphatic heterocycles. The van der Waals surface area contributed by atoms with E-state index in [4.69, 9.17) is 15.7 Å². The van der Waals surface area contributed by atoms with Gasteiger partial charge in [-0.2, -0.15) is 0 Å². The third-order valence-electron chi connectivity index (χ3n) is 3.71. The zero-order valence-electron chi connectivity index (χ0n) is 8.95. The summed E-state index contributed by atoms with van der Waals surface area (Å²) in [6, 6.07) is -0.164. The third kappa shape index (κ3) is 1.10. The normalized spacial score (nSPS) is 48.4. The molecule has 1 aliphatic carbocycles. The van der Waals surface area contributed by atoms with E-state index < -0.39 is 5.60 Å². The van der Waals surface area contributed by atoms with Crippen LogP contribution in [0, 0.1) is 5.92 Å². The molecule has 0 aromatic heterocycles. The lowest BCUT2D eigenvalue weighted by atomic mass is 9.65. The molecule has 0 aromatic rings. The van der Waals surface area contributed by atoms with E-state index in [1.807, 2.05) is 6.92 Å². The van der Waals surface area contributed by atoms with Crippen LogP contribution in [0.15, 0.2) is 5.16 Å². The van der Waals surface area contributed by atoms with Gasteiger partial charge in [0.15, 0.2) is 0 Å². The number of hydrogen-bond donors (Lipinski definition) is 2. The van der Waals surface area contributed by atoms with Crippen LogP contribution in [0.25, 0.3) is 0 Å². The Balaban J connectivity index is 2.42. The average molecular weight is 198 g/mol. The number of nitrogens with zero attached hydrogens (tertiary/aromatic N) is 1. The second-order valence-electron chi connectivity index (χ2n) is 5.09. The first-order valence-electron chi connectivity index (χ1n) is 5.09. The van der Waals surface area contributed by atoms with Gasteiger partial charge in [0.25, 0.3) is 0 Å². The summed E-state index contributed by atoms with van der Waals surface area (Å²) in [5, 5.41) is 12.3. The fraction of sp³-hybridized carbons (Fsp3) is 0.900. The predicted octanol–water partition coefficient (Wildman–Crippen LogP) is 1.12. The minimum Gasteiger partial charge on any atom is -0.411 e. The van der Waals surface area contributed by atoms with Crippen molar-refractivity contribution >= 4 is 5.71 Å². The zero-order valence-corrected chi connectivity index (χ0v) is 8.95. The van der Waals surface area contributed by atoms with Crippen molar-refractivity contribution < 1.29 is 9.94 Å². The van der Waals surface area contributed by atoms with Crippen LogP contribution in [0.5, 0.6) is 0 Å². The summed E-state index contributed by atoms with van der Waals surface area (Å²) in [5.41, 5.74) is 6.00. The Hall–Kier alpha value is -0.610. The largest absolute Gasteiger partial charge is 0.411 e. The maximum atomic E-state index is 8.95. The number of oxime groups is 1. The van der Waals surface area contributed by atoms with E-state index in [9.17, 15) is 0 Å². The van der Waals surface area contributed by atoms with E-state index in [0.29, 0.717) is 5.71 Å². The molecular weight excluding hydrogens is 180 g/mol. The van der Waals surface area contributed by atoms with E-state index in [1.54, 1.807) is 0 Å². The lowest BCUT2D eigenvalue weighted by Crippen LogP contribution is -2.68. The monoisotopic (exact) mass is 198 g/mol. The predicted molar refractivity (Wildman–Crippen MR) is 53.5 cm³/mol. The molecule has 0 radical (unpaired) electrons. The smallest absolute Gasteiger partial charge is 0.109 e. The molecule has 1 saturated carbocycles. The van der Waals surface area contributed by atoms with Crippen LogP contribution in [0.1, 0.15) is 33.6 Å². The van der Waals surface area contributed by atoms with Gasteiger partial charge in [-0.1, -0.05) is 5.16 Å². The molecule has 0 aromatic carbocycles. The van der Waals surface area contributed by atoms with Crippen molar-refractivity contribution in [3.8, 4) is 0 Å². The van der Waals surface area contributed by atoms with Gasteiger partial charge in [-0.25, -0.2) is 0 Å². The molecule has 3 atom stereocenters. The van der Waals surface area contributed by atoms with Crippen LogP contribution in [-0.4, -0.2) is 28.2 Å². The number of ether oxygens (including phenoxy) is 1. The summed E-state index contributed by atoms with van der Waals surface area (Å²) in [7, 11) is 0. The van der Waals surface area contributed by atoms with Crippen molar-refractivity contribution in [2.45, 2.75) is 50.9 Å². The van der Waals surface area contributed by atoms with Gasteiger partial charge < -0.3 is 15.7 Å². The van der Waals surface area contributed by atoms with Crippen LogP contribution in [0.3, 0.4) is 0 Å². The number of rotatable bonds is 0. The molecule has 3 aliphatic rings. The minimum absolute atomic E-state index is 0.164. The average Bonchev–Trinajstić information content (AvgIpc) is 2.00. The summed E-state index contributed by atoms with van der Waals surface area (Å²) >= 11 is 0. The van der Waals surface area contributed by atoms with Gasteiger partial charge in [0, 0.05) is 5.92 Å². The molecule has 2 saturated heterocycles. The Kier molecular flexibility index (Phi) is 1.92. The van der Waals surface area contributed by atoms with E-state index in [0.717, 1.165) is 12.8 Å². The van der Waals surface area contributed by atoms with Crippen LogP contribution in [0.4, 0.5) is 0 Å².